The first-order chi connectivity index (χ1) is 23.6. The minimum Gasteiger partial charge on any atom is -0.501 e. The molecule has 4 nitrogen and oxygen atoms in total. The predicted molar refractivity (Wildman–Crippen MR) is 159 cm³/mol. The van der Waals surface area contributed by atoms with Crippen LogP contribution in [0.1, 0.15) is 94.1 Å². The van der Waals surface area contributed by atoms with Crippen LogP contribution in [0.15, 0.2) is 71.3 Å². The van der Waals surface area contributed by atoms with Crippen molar-refractivity contribution in [3.05, 3.63) is 119 Å². The van der Waals surface area contributed by atoms with Crippen LogP contribution in [0.3, 0.4) is 0 Å². The van der Waals surface area contributed by atoms with Gasteiger partial charge in [0, 0.05) is 64.5 Å². The predicted octanol–water partition coefficient (Wildman–Crippen LogP) is 7.10. The van der Waals surface area contributed by atoms with Gasteiger partial charge in [-0.15, -0.1) is 17.7 Å². The second-order valence-corrected chi connectivity index (χ2v) is 9.65. The molecule has 1 radical (unpaired) electrons. The van der Waals surface area contributed by atoms with Crippen molar-refractivity contribution in [1.82, 2.24) is 15.0 Å². The number of aromatic nitrogens is 3. The average Bonchev–Trinajstić information content (AvgIpc) is 3.45. The van der Waals surface area contributed by atoms with Gasteiger partial charge < -0.3 is 14.4 Å². The van der Waals surface area contributed by atoms with E-state index in [9.17, 15) is 0 Å². The summed E-state index contributed by atoms with van der Waals surface area (Å²) in [5, 5.41) is 1.69. The summed E-state index contributed by atoms with van der Waals surface area (Å²) in [5.74, 6) is -0.691. The molecule has 4 aromatic heterocycles. The van der Waals surface area contributed by atoms with Crippen LogP contribution >= 0.6 is 0 Å². The quantitative estimate of drug-likeness (QED) is 0.213. The summed E-state index contributed by atoms with van der Waals surface area (Å²) in [6, 6.07) is 2.87. The van der Waals surface area contributed by atoms with Gasteiger partial charge in [-0.05, 0) is 66.4 Å². The van der Waals surface area contributed by atoms with Gasteiger partial charge >= 0.3 is 0 Å². The topological polar surface area (TPSA) is 51.8 Å². The van der Waals surface area contributed by atoms with Gasteiger partial charge in [0.2, 0.25) is 5.71 Å². The van der Waals surface area contributed by atoms with Crippen molar-refractivity contribution in [1.29, 1.82) is 0 Å². The van der Waals surface area contributed by atoms with Gasteiger partial charge in [-0.3, -0.25) is 0 Å². The number of furan rings is 1. The van der Waals surface area contributed by atoms with Crippen molar-refractivity contribution in [2.75, 3.05) is 0 Å². The molecule has 0 unspecified atom stereocenters. The molecule has 3 aliphatic carbocycles. The van der Waals surface area contributed by atoms with Gasteiger partial charge in [0.1, 0.15) is 0 Å². The number of allylic oxidation sites excluding steroid dienone is 4. The van der Waals surface area contributed by atoms with E-state index >= 15 is 0 Å². The molecule has 1 fully saturated rings. The molecular weight excluding hydrogens is 671 g/mol. The van der Waals surface area contributed by atoms with Crippen LogP contribution in [-0.4, -0.2) is 15.0 Å². The number of aryl methyl sites for hydroxylation is 2. The fourth-order valence-electron chi connectivity index (χ4n) is 5.04. The summed E-state index contributed by atoms with van der Waals surface area (Å²) in [5.41, 5.74) is 3.17. The van der Waals surface area contributed by atoms with Crippen molar-refractivity contribution in [3.8, 4) is 0 Å². The number of nitrogens with zero attached hydrogens (tertiary/aromatic N) is 3. The first kappa shape index (κ1) is 17.4. The maximum atomic E-state index is 8.87. The molecule has 5 heteroatoms. The van der Waals surface area contributed by atoms with Gasteiger partial charge in [0.25, 0.3) is 0 Å². The zero-order chi connectivity index (χ0) is 36.0. The van der Waals surface area contributed by atoms with Crippen molar-refractivity contribution in [3.63, 3.8) is 0 Å². The van der Waals surface area contributed by atoms with E-state index < -0.39 is 19.6 Å². The summed E-state index contributed by atoms with van der Waals surface area (Å²) >= 11 is 0. The fraction of sp³-hybridized carbons (Fsp3) is 0.286. The van der Waals surface area contributed by atoms with Crippen LogP contribution in [0.2, 0.25) is 0 Å². The minimum atomic E-state index is -2.50. The molecule has 4 heterocycles. The Hall–Kier alpha value is -3.40. The van der Waals surface area contributed by atoms with Crippen LogP contribution in [-0.2, 0) is 20.1 Å². The van der Waals surface area contributed by atoms with Crippen molar-refractivity contribution in [2.24, 2.45) is 0 Å². The summed E-state index contributed by atoms with van der Waals surface area (Å²) in [6.07, 6.45) is 19.9. The normalized spacial score (nSPS) is 21.8. The Morgan fingerprint density at radius 1 is 0.950 bits per heavy atom. The molecule has 0 saturated heterocycles. The number of rotatable bonds is 3. The Balaban J connectivity index is 0.000000226. The SMILES string of the molecule is [2H]c1c(C([2H])([2H])[2H])cnc(C2=CC=CC[CH-]2)c1[2H].[2H]c1c(C([2H])([2H])[2H])cnc(C2=c3oc4nc(C5([2H])CCCCC5)ccc4c3=CC[CH-]2)c1[2H].[Ir]. The molecular formula is C35H35IrN3O-2. The zero-order valence-corrected chi connectivity index (χ0v) is 24.2. The van der Waals surface area contributed by atoms with Crippen LogP contribution in [0.25, 0.3) is 28.3 Å². The van der Waals surface area contributed by atoms with Crippen LogP contribution < -0.4 is 10.6 Å². The molecule has 0 aliphatic heterocycles. The Morgan fingerprint density at radius 2 is 1.73 bits per heavy atom. The maximum Gasteiger partial charge on any atom is 0.213 e. The zero-order valence-electron chi connectivity index (χ0n) is 32.8. The van der Waals surface area contributed by atoms with E-state index in [4.69, 9.17) is 24.5 Å². The van der Waals surface area contributed by atoms with Crippen molar-refractivity contribution in [2.45, 2.75) is 64.5 Å². The molecule has 0 aromatic carbocycles. The second kappa shape index (κ2) is 12.8. The first-order valence-electron chi connectivity index (χ1n) is 18.7. The molecule has 0 spiro atoms. The molecule has 1 saturated carbocycles. The molecule has 7 rings (SSSR count). The smallest absolute Gasteiger partial charge is 0.213 e. The molecule has 40 heavy (non-hydrogen) atoms. The number of pyridine rings is 3. The largest absolute Gasteiger partial charge is 0.501 e. The summed E-state index contributed by atoms with van der Waals surface area (Å²) in [4.78, 5) is 13.0. The van der Waals surface area contributed by atoms with Gasteiger partial charge in [-0.25, -0.2) is 4.98 Å². The third kappa shape index (κ3) is 6.16. The van der Waals surface area contributed by atoms with E-state index in [1.165, 1.54) is 6.20 Å². The molecule has 207 valence electrons. The van der Waals surface area contributed by atoms with Crippen molar-refractivity contribution >= 4 is 28.3 Å². The summed E-state index contributed by atoms with van der Waals surface area (Å²) in [6.45, 7) is -4.90. The Kier molecular flexibility index (Phi) is 5.59. The molecule has 0 bridgehead atoms. The van der Waals surface area contributed by atoms with E-state index in [0.717, 1.165) is 66.6 Å². The Bertz CT molecular complexity index is 2150. The molecule has 0 N–H and O–H groups in total. The summed E-state index contributed by atoms with van der Waals surface area (Å²) < 4.78 is 91.7. The maximum absolute atomic E-state index is 8.87. The Morgan fingerprint density at radius 3 is 2.48 bits per heavy atom. The first-order valence-corrected chi connectivity index (χ1v) is 13.2. The molecule has 0 atom stereocenters. The van der Waals surface area contributed by atoms with E-state index in [2.05, 4.69) is 9.97 Å². The van der Waals surface area contributed by atoms with Crippen molar-refractivity contribution < 1.29 is 39.6 Å². The minimum absolute atomic E-state index is 0. The van der Waals surface area contributed by atoms with Gasteiger partial charge in [-0.1, -0.05) is 62.3 Å². The summed E-state index contributed by atoms with van der Waals surface area (Å²) in [7, 11) is 0. The van der Waals surface area contributed by atoms with E-state index in [1.807, 2.05) is 43.2 Å². The van der Waals surface area contributed by atoms with Crippen LogP contribution in [0.5, 0.6) is 0 Å². The third-order valence-corrected chi connectivity index (χ3v) is 6.99. The third-order valence-electron chi connectivity index (χ3n) is 6.99. The van der Waals surface area contributed by atoms with E-state index in [0.29, 0.717) is 28.8 Å². The number of hydrogen-bond donors (Lipinski definition) is 0. The second-order valence-electron chi connectivity index (χ2n) is 9.65. The number of fused-ring (bicyclic) bond motifs is 3. The van der Waals surface area contributed by atoms with E-state index in [-0.39, 0.29) is 61.1 Å². The standard InChI is InChI=1S/C23H23N2O.C12H12N.Ir/c1-15-10-12-21(24-14-15)19-9-5-8-17-18-11-13-20(16-6-3-2-4-7-16)25-23(18)26-22(17)19;1-10-7-8-12(13-9-10)11-5-3-2-4-6-11;/h8-14,16H,2-7H2,1H3;2-3,5-9H,4H2,1H3;/q2*-1;/i1D3,10D,12D,16D;1D3,7D,8D;. The monoisotopic (exact) mass is 717 g/mol. The molecule has 0 amide bonds. The fourth-order valence-corrected chi connectivity index (χ4v) is 5.04. The molecule has 4 aromatic rings. The number of hydrogen-bond acceptors (Lipinski definition) is 4. The van der Waals surface area contributed by atoms with Gasteiger partial charge in [0.05, 0.1) is 5.48 Å². The Labute approximate surface area is 265 Å². The van der Waals surface area contributed by atoms with Gasteiger partial charge in [-0.2, -0.15) is 24.5 Å². The van der Waals surface area contributed by atoms with Crippen LogP contribution in [0, 0.1) is 26.5 Å². The van der Waals surface area contributed by atoms with E-state index in [1.54, 1.807) is 6.08 Å². The van der Waals surface area contributed by atoms with Crippen LogP contribution in [0.4, 0.5) is 0 Å². The average molecular weight is 717 g/mol. The van der Waals surface area contributed by atoms with Gasteiger partial charge in [0.15, 0.2) is 0 Å². The molecule has 3 aliphatic rings.